The Morgan fingerprint density at radius 2 is 0.740 bits per heavy atom. The molecule has 0 aliphatic heterocycles. The fraction of sp³-hybridized carbons (Fsp3) is 0.0938. The van der Waals surface area contributed by atoms with Crippen molar-refractivity contribution in [2.45, 2.75) is 12.8 Å². The van der Waals surface area contributed by atoms with Gasteiger partial charge in [0.1, 0.15) is 11.5 Å². The lowest BCUT2D eigenvalue weighted by Gasteiger charge is -2.17. The summed E-state index contributed by atoms with van der Waals surface area (Å²) >= 11 is 12.1. The first-order valence-corrected chi connectivity index (χ1v) is 25.8. The molecule has 9 heteroatoms. The molecule has 0 fully saturated rings. The Morgan fingerprint density at radius 1 is 0.329 bits per heavy atom. The van der Waals surface area contributed by atoms with Crippen molar-refractivity contribution in [2.75, 3.05) is 25.0 Å². The monoisotopic (exact) mass is 987 g/mol. The predicted octanol–water partition coefficient (Wildman–Crippen LogP) is 16.8. The standard InChI is InChI=1S/C64H47Cl2N5O2/c65-32-12-34-72-48-28-30-62-54(39-48)52-18-6-10-22-60(52)70(62)46-36-44(37-47(38-46)71-61-23-11-7-19-53(61)55-40-49(29-31-63(55)71)73-35-13-33-66)57-41-56(67-64(68-57)43-14-2-1-3-15-43)42-24-26-45(27-25-42)69-58-20-8-4-16-50(58)51-17-5-9-21-59(51)69/h1-11,14-31,36-41H,12-13,32-35H2. The number of hydrogen-bond acceptors (Lipinski definition) is 4. The summed E-state index contributed by atoms with van der Waals surface area (Å²) in [7, 11) is 0. The highest BCUT2D eigenvalue weighted by atomic mass is 35.5. The minimum absolute atomic E-state index is 0.548. The lowest BCUT2D eigenvalue weighted by molar-refractivity contribution is 0.318. The van der Waals surface area contributed by atoms with Gasteiger partial charge in [0.25, 0.3) is 0 Å². The molecule has 4 aromatic heterocycles. The topological polar surface area (TPSA) is 59.0 Å². The normalized spacial score (nSPS) is 11.8. The van der Waals surface area contributed by atoms with Gasteiger partial charge in [0.2, 0.25) is 0 Å². The van der Waals surface area contributed by atoms with Crippen LogP contribution in [0.5, 0.6) is 11.5 Å². The zero-order valence-electron chi connectivity index (χ0n) is 39.8. The molecule has 0 aliphatic carbocycles. The zero-order valence-corrected chi connectivity index (χ0v) is 41.3. The molecule has 0 unspecified atom stereocenters. The van der Waals surface area contributed by atoms with Crippen molar-refractivity contribution < 1.29 is 9.47 Å². The minimum Gasteiger partial charge on any atom is -0.494 e. The Kier molecular flexibility index (Phi) is 11.6. The van der Waals surface area contributed by atoms with Crippen molar-refractivity contribution in [3.05, 3.63) is 212 Å². The van der Waals surface area contributed by atoms with Crippen LogP contribution in [0.4, 0.5) is 0 Å². The molecule has 4 heterocycles. The second kappa shape index (κ2) is 19.0. The fourth-order valence-electron chi connectivity index (χ4n) is 10.6. The van der Waals surface area contributed by atoms with Crippen molar-refractivity contribution in [1.29, 1.82) is 0 Å². The van der Waals surface area contributed by atoms with Crippen molar-refractivity contribution in [2.24, 2.45) is 0 Å². The molecule has 0 spiro atoms. The van der Waals surface area contributed by atoms with Crippen LogP contribution in [0.25, 0.3) is 116 Å². The van der Waals surface area contributed by atoms with Crippen molar-refractivity contribution >= 4 is 88.6 Å². The van der Waals surface area contributed by atoms with Crippen LogP contribution in [0.15, 0.2) is 212 Å². The van der Waals surface area contributed by atoms with Gasteiger partial charge in [-0.3, -0.25) is 0 Å². The van der Waals surface area contributed by atoms with E-state index in [0.717, 1.165) is 113 Å². The molecule has 0 N–H and O–H groups in total. The minimum atomic E-state index is 0.548. The van der Waals surface area contributed by atoms with Gasteiger partial charge in [-0.2, -0.15) is 0 Å². The Labute approximate surface area is 432 Å². The number of fused-ring (bicyclic) bond motifs is 9. The van der Waals surface area contributed by atoms with Crippen LogP contribution in [-0.4, -0.2) is 48.6 Å². The van der Waals surface area contributed by atoms with Crippen LogP contribution in [0, 0.1) is 0 Å². The Balaban J connectivity index is 1.03. The van der Waals surface area contributed by atoms with E-state index >= 15 is 0 Å². The first-order valence-electron chi connectivity index (χ1n) is 24.8. The molecule has 0 radical (unpaired) electrons. The highest BCUT2D eigenvalue weighted by Gasteiger charge is 2.21. The Bertz CT molecular complexity index is 4000. The van der Waals surface area contributed by atoms with Crippen LogP contribution in [0.3, 0.4) is 0 Å². The third kappa shape index (κ3) is 8.02. The van der Waals surface area contributed by atoms with Crippen molar-refractivity contribution in [3.8, 4) is 62.5 Å². The van der Waals surface area contributed by atoms with Gasteiger partial charge in [0.05, 0.1) is 57.7 Å². The van der Waals surface area contributed by atoms with Gasteiger partial charge in [-0.15, -0.1) is 23.2 Å². The van der Waals surface area contributed by atoms with E-state index in [1.165, 1.54) is 21.8 Å². The van der Waals surface area contributed by atoms with Gasteiger partial charge < -0.3 is 23.2 Å². The molecular weight excluding hydrogens is 942 g/mol. The Hall–Kier alpha value is -8.36. The van der Waals surface area contributed by atoms with E-state index in [9.17, 15) is 0 Å². The van der Waals surface area contributed by atoms with E-state index in [1.54, 1.807) is 0 Å². The lowest BCUT2D eigenvalue weighted by atomic mass is 10.0. The number of benzene rings is 9. The number of hydrogen-bond donors (Lipinski definition) is 0. The number of para-hydroxylation sites is 4. The summed E-state index contributed by atoms with van der Waals surface area (Å²) in [6.07, 6.45) is 1.54. The van der Waals surface area contributed by atoms with E-state index in [1.807, 2.05) is 18.2 Å². The molecule has 0 saturated heterocycles. The van der Waals surface area contributed by atoms with E-state index in [4.69, 9.17) is 42.6 Å². The van der Waals surface area contributed by atoms with E-state index in [-0.39, 0.29) is 0 Å². The van der Waals surface area contributed by atoms with E-state index < -0.39 is 0 Å². The smallest absolute Gasteiger partial charge is 0.160 e. The molecule has 354 valence electrons. The summed E-state index contributed by atoms with van der Waals surface area (Å²) in [5.41, 5.74) is 14.1. The SMILES string of the molecule is ClCCCOc1ccc2c(c1)c1ccccc1n2-c1cc(-c2cc(-c3ccc(-n4c5ccccc5c5ccccc54)cc3)nc(-c3ccccc3)n2)cc(-n2c3ccccc3c3cc(OCCCCl)ccc32)c1. The van der Waals surface area contributed by atoms with Gasteiger partial charge in [-0.1, -0.05) is 115 Å². The number of nitrogens with zero attached hydrogens (tertiary/aromatic N) is 5. The number of halogens is 2. The number of rotatable bonds is 14. The number of ether oxygens (including phenoxy) is 2. The third-order valence-corrected chi connectivity index (χ3v) is 14.4. The van der Waals surface area contributed by atoms with Crippen molar-refractivity contribution in [1.82, 2.24) is 23.7 Å². The molecular formula is C64H47Cl2N5O2. The maximum atomic E-state index is 6.21. The first kappa shape index (κ1) is 44.6. The summed E-state index contributed by atoms with van der Waals surface area (Å²) < 4.78 is 19.5. The summed E-state index contributed by atoms with van der Waals surface area (Å²) in [5.74, 6) is 3.37. The highest BCUT2D eigenvalue weighted by molar-refractivity contribution is 6.18. The lowest BCUT2D eigenvalue weighted by Crippen LogP contribution is -2.02. The van der Waals surface area contributed by atoms with Crippen LogP contribution in [0.2, 0.25) is 0 Å². The molecule has 9 aromatic carbocycles. The molecule has 13 aromatic rings. The molecule has 0 bridgehead atoms. The van der Waals surface area contributed by atoms with Crippen molar-refractivity contribution in [3.63, 3.8) is 0 Å². The maximum Gasteiger partial charge on any atom is 0.160 e. The van der Waals surface area contributed by atoms with E-state index in [2.05, 4.69) is 208 Å². The largest absolute Gasteiger partial charge is 0.494 e. The van der Waals surface area contributed by atoms with Crippen LogP contribution in [0.1, 0.15) is 12.8 Å². The number of alkyl halides is 2. The molecule has 0 atom stereocenters. The van der Waals surface area contributed by atoms with Crippen LogP contribution >= 0.6 is 23.2 Å². The molecule has 0 saturated carbocycles. The molecule has 7 nitrogen and oxygen atoms in total. The van der Waals surface area contributed by atoms with Gasteiger partial charge in [0, 0.05) is 77.8 Å². The molecule has 13 rings (SSSR count). The fourth-order valence-corrected chi connectivity index (χ4v) is 10.8. The Morgan fingerprint density at radius 3 is 1.22 bits per heavy atom. The van der Waals surface area contributed by atoms with E-state index in [0.29, 0.717) is 30.8 Å². The second-order valence-corrected chi connectivity index (χ2v) is 19.1. The number of aromatic nitrogens is 5. The molecule has 0 aliphatic rings. The van der Waals surface area contributed by atoms with Gasteiger partial charge in [0.15, 0.2) is 5.82 Å². The predicted molar refractivity (Wildman–Crippen MR) is 303 cm³/mol. The van der Waals surface area contributed by atoms with Crippen LogP contribution in [-0.2, 0) is 0 Å². The maximum absolute atomic E-state index is 6.21. The van der Waals surface area contributed by atoms with Crippen LogP contribution < -0.4 is 9.47 Å². The van der Waals surface area contributed by atoms with Gasteiger partial charge in [-0.05, 0) is 110 Å². The average molecular weight is 989 g/mol. The summed E-state index contributed by atoms with van der Waals surface area (Å²) in [5, 5.41) is 6.92. The quantitative estimate of drug-likeness (QED) is 0.0805. The molecule has 0 amide bonds. The van der Waals surface area contributed by atoms with Gasteiger partial charge in [-0.25, -0.2) is 9.97 Å². The molecule has 73 heavy (non-hydrogen) atoms. The summed E-state index contributed by atoms with van der Waals surface area (Å²) in [4.78, 5) is 10.7. The van der Waals surface area contributed by atoms with Gasteiger partial charge >= 0.3 is 0 Å². The first-order chi connectivity index (χ1) is 36.1. The summed E-state index contributed by atoms with van der Waals surface area (Å²) in [6, 6.07) is 75.2. The third-order valence-electron chi connectivity index (χ3n) is 13.9. The summed E-state index contributed by atoms with van der Waals surface area (Å²) in [6.45, 7) is 1.10. The zero-order chi connectivity index (χ0) is 48.8. The second-order valence-electron chi connectivity index (χ2n) is 18.3. The highest BCUT2D eigenvalue weighted by Crippen LogP contribution is 2.41. The average Bonchev–Trinajstić information content (AvgIpc) is 4.09.